The number of aliphatic hydroxyl groups is 1. The third-order valence-corrected chi connectivity index (χ3v) is 3.24. The summed E-state index contributed by atoms with van der Waals surface area (Å²) >= 11 is 0. The molecule has 2 N–H and O–H groups in total. The highest BCUT2D eigenvalue weighted by molar-refractivity contribution is 5.29. The van der Waals surface area contributed by atoms with E-state index in [1.165, 1.54) is 5.56 Å². The van der Waals surface area contributed by atoms with Crippen LogP contribution in [0.2, 0.25) is 0 Å². The Hall–Kier alpha value is -0.860. The van der Waals surface area contributed by atoms with Crippen molar-refractivity contribution in [3.05, 3.63) is 35.4 Å². The maximum Gasteiger partial charge on any atom is 0.103 e. The highest BCUT2D eigenvalue weighted by atomic mass is 16.3. The predicted molar refractivity (Wildman–Crippen MR) is 66.4 cm³/mol. The summed E-state index contributed by atoms with van der Waals surface area (Å²) < 4.78 is 0. The van der Waals surface area contributed by atoms with Crippen LogP contribution in [0, 0.1) is 5.92 Å². The Morgan fingerprint density at radius 3 is 2.88 bits per heavy atom. The van der Waals surface area contributed by atoms with Crippen molar-refractivity contribution >= 4 is 0 Å². The summed E-state index contributed by atoms with van der Waals surface area (Å²) in [5.41, 5.74) is 1.75. The van der Waals surface area contributed by atoms with Gasteiger partial charge in [-0.25, -0.2) is 0 Å². The second-order valence-corrected chi connectivity index (χ2v) is 5.26. The van der Waals surface area contributed by atoms with E-state index in [1.807, 2.05) is 6.07 Å². The molecular weight excluding hydrogens is 198 g/mol. The average Bonchev–Trinajstić information content (AvgIpc) is 2.66. The van der Waals surface area contributed by atoms with Crippen LogP contribution in [0.3, 0.4) is 0 Å². The fraction of sp³-hybridized carbons (Fsp3) is 0.571. The van der Waals surface area contributed by atoms with Crippen molar-refractivity contribution < 1.29 is 5.11 Å². The minimum Gasteiger partial charge on any atom is -0.384 e. The van der Waals surface area contributed by atoms with E-state index in [0.29, 0.717) is 12.5 Å². The Balaban J connectivity index is 2.21. The van der Waals surface area contributed by atoms with Gasteiger partial charge in [-0.3, -0.25) is 0 Å². The average molecular weight is 219 g/mol. The Bertz CT molecular complexity index is 354. The molecule has 0 spiro atoms. The number of nitrogens with one attached hydrogen (secondary N) is 1. The molecule has 1 atom stereocenters. The molecule has 88 valence electrons. The summed E-state index contributed by atoms with van der Waals surface area (Å²) in [5, 5.41) is 13.7. The van der Waals surface area contributed by atoms with Gasteiger partial charge in [0, 0.05) is 6.54 Å². The molecule has 2 heteroatoms. The van der Waals surface area contributed by atoms with Crippen molar-refractivity contribution in [2.24, 2.45) is 5.92 Å². The zero-order valence-corrected chi connectivity index (χ0v) is 10.2. The Morgan fingerprint density at radius 2 is 2.25 bits per heavy atom. The largest absolute Gasteiger partial charge is 0.384 e. The molecule has 1 aromatic carbocycles. The molecule has 0 bridgehead atoms. The molecule has 1 heterocycles. The van der Waals surface area contributed by atoms with Gasteiger partial charge in [-0.1, -0.05) is 38.1 Å². The van der Waals surface area contributed by atoms with Gasteiger partial charge in [0.2, 0.25) is 0 Å². The van der Waals surface area contributed by atoms with Crippen LogP contribution in [0.5, 0.6) is 0 Å². The van der Waals surface area contributed by atoms with Crippen molar-refractivity contribution in [2.75, 3.05) is 13.1 Å². The Morgan fingerprint density at radius 1 is 1.44 bits per heavy atom. The van der Waals surface area contributed by atoms with E-state index in [0.717, 1.165) is 24.9 Å². The lowest BCUT2D eigenvalue weighted by Gasteiger charge is -2.22. The van der Waals surface area contributed by atoms with Crippen molar-refractivity contribution in [3.63, 3.8) is 0 Å². The van der Waals surface area contributed by atoms with Gasteiger partial charge in [-0.2, -0.15) is 0 Å². The minimum atomic E-state index is -0.646. The number of benzene rings is 1. The molecule has 1 aliphatic rings. The van der Waals surface area contributed by atoms with Crippen LogP contribution in [-0.2, 0) is 12.0 Å². The molecule has 0 radical (unpaired) electrons. The van der Waals surface area contributed by atoms with Crippen molar-refractivity contribution in [1.82, 2.24) is 5.32 Å². The molecule has 0 aromatic heterocycles. The van der Waals surface area contributed by atoms with Gasteiger partial charge in [-0.05, 0) is 36.4 Å². The molecule has 1 aliphatic heterocycles. The summed E-state index contributed by atoms with van der Waals surface area (Å²) in [7, 11) is 0. The quantitative estimate of drug-likeness (QED) is 0.815. The molecule has 1 saturated heterocycles. The topological polar surface area (TPSA) is 32.3 Å². The molecule has 1 aromatic rings. The smallest absolute Gasteiger partial charge is 0.103 e. The zero-order chi connectivity index (χ0) is 11.6. The zero-order valence-electron chi connectivity index (χ0n) is 10.2. The maximum atomic E-state index is 10.5. The van der Waals surface area contributed by atoms with Crippen molar-refractivity contribution in [1.29, 1.82) is 0 Å². The van der Waals surface area contributed by atoms with E-state index >= 15 is 0 Å². The molecule has 1 fully saturated rings. The number of hydrogen-bond acceptors (Lipinski definition) is 2. The summed E-state index contributed by atoms with van der Waals surface area (Å²) in [6.07, 6.45) is 1.90. The molecule has 0 amide bonds. The van der Waals surface area contributed by atoms with Crippen molar-refractivity contribution in [2.45, 2.75) is 32.3 Å². The van der Waals surface area contributed by atoms with Crippen LogP contribution in [0.4, 0.5) is 0 Å². The summed E-state index contributed by atoms with van der Waals surface area (Å²) in [5.74, 6) is 0.659. The van der Waals surface area contributed by atoms with Crippen molar-refractivity contribution in [3.8, 4) is 0 Å². The van der Waals surface area contributed by atoms with Gasteiger partial charge in [0.1, 0.15) is 5.60 Å². The lowest BCUT2D eigenvalue weighted by Crippen LogP contribution is -2.28. The molecular formula is C14H21NO. The standard InChI is InChI=1S/C14H21NO/c1-11(2)8-12-4-3-5-13(9-12)14(16)6-7-15-10-14/h3-5,9,11,15-16H,6-8,10H2,1-2H3. The third-order valence-electron chi connectivity index (χ3n) is 3.24. The first kappa shape index (κ1) is 11.6. The van der Waals surface area contributed by atoms with Gasteiger partial charge < -0.3 is 10.4 Å². The first-order valence-electron chi connectivity index (χ1n) is 6.13. The predicted octanol–water partition coefficient (Wildman–Crippen LogP) is 2.07. The van der Waals surface area contributed by atoms with Crippen LogP contribution in [0.15, 0.2) is 24.3 Å². The number of β-amino-alcohol motifs (C(OH)–C–C–N with tert-alkyl or cyclic N) is 1. The Labute approximate surface area is 97.7 Å². The van der Waals surface area contributed by atoms with Crippen LogP contribution < -0.4 is 5.32 Å². The van der Waals surface area contributed by atoms with Gasteiger partial charge in [0.25, 0.3) is 0 Å². The first-order valence-corrected chi connectivity index (χ1v) is 6.13. The van der Waals surface area contributed by atoms with Gasteiger partial charge >= 0.3 is 0 Å². The van der Waals surface area contributed by atoms with Crippen LogP contribution in [0.25, 0.3) is 0 Å². The fourth-order valence-corrected chi connectivity index (χ4v) is 2.38. The SMILES string of the molecule is CC(C)Cc1cccc(C2(O)CCNC2)c1. The van der Waals surface area contributed by atoms with E-state index in [1.54, 1.807) is 0 Å². The lowest BCUT2D eigenvalue weighted by molar-refractivity contribution is 0.0586. The highest BCUT2D eigenvalue weighted by Gasteiger charge is 2.32. The van der Waals surface area contributed by atoms with Crippen LogP contribution in [-0.4, -0.2) is 18.2 Å². The molecule has 2 nitrogen and oxygen atoms in total. The number of hydrogen-bond donors (Lipinski definition) is 2. The first-order chi connectivity index (χ1) is 7.60. The van der Waals surface area contributed by atoms with Gasteiger partial charge in [0.15, 0.2) is 0 Å². The summed E-state index contributed by atoms with van der Waals surface area (Å²) in [6, 6.07) is 8.41. The second-order valence-electron chi connectivity index (χ2n) is 5.26. The summed E-state index contributed by atoms with van der Waals surface area (Å²) in [6.45, 7) is 6.03. The minimum absolute atomic E-state index is 0.646. The maximum absolute atomic E-state index is 10.5. The van der Waals surface area contributed by atoms with Crippen LogP contribution >= 0.6 is 0 Å². The van der Waals surface area contributed by atoms with E-state index in [-0.39, 0.29) is 0 Å². The normalized spacial score (nSPS) is 25.2. The van der Waals surface area contributed by atoms with E-state index < -0.39 is 5.60 Å². The third kappa shape index (κ3) is 2.45. The molecule has 0 saturated carbocycles. The Kier molecular flexibility index (Phi) is 3.31. The van der Waals surface area contributed by atoms with Gasteiger partial charge in [-0.15, -0.1) is 0 Å². The summed E-state index contributed by atoms with van der Waals surface area (Å²) in [4.78, 5) is 0. The second kappa shape index (κ2) is 4.56. The fourth-order valence-electron chi connectivity index (χ4n) is 2.38. The highest BCUT2D eigenvalue weighted by Crippen LogP contribution is 2.28. The molecule has 16 heavy (non-hydrogen) atoms. The number of rotatable bonds is 3. The molecule has 0 aliphatic carbocycles. The molecule has 1 unspecified atom stereocenters. The monoisotopic (exact) mass is 219 g/mol. The van der Waals surface area contributed by atoms with E-state index in [4.69, 9.17) is 0 Å². The van der Waals surface area contributed by atoms with Crippen LogP contribution in [0.1, 0.15) is 31.4 Å². The van der Waals surface area contributed by atoms with E-state index in [9.17, 15) is 5.11 Å². The molecule has 2 rings (SSSR count). The lowest BCUT2D eigenvalue weighted by atomic mass is 9.90. The van der Waals surface area contributed by atoms with Gasteiger partial charge in [0.05, 0.1) is 0 Å². The van der Waals surface area contributed by atoms with E-state index in [2.05, 4.69) is 37.4 Å².